The van der Waals surface area contributed by atoms with Crippen molar-refractivity contribution in [2.45, 2.75) is 6.92 Å². The average molecular weight is 149 g/mol. The van der Waals surface area contributed by atoms with Gasteiger partial charge in [0.05, 0.1) is 6.26 Å². The maximum absolute atomic E-state index is 10.6. The van der Waals surface area contributed by atoms with Gasteiger partial charge in [-0.3, -0.25) is 4.31 Å². The summed E-state index contributed by atoms with van der Waals surface area (Å²) in [7, 11) is -1.60. The molecule has 0 N–H and O–H groups in total. The van der Waals surface area contributed by atoms with Gasteiger partial charge in [-0.05, 0) is 6.92 Å². The molecule has 4 heteroatoms. The summed E-state index contributed by atoms with van der Waals surface area (Å²) in [6, 6.07) is 0. The highest BCUT2D eigenvalue weighted by Crippen LogP contribution is 2.00. The van der Waals surface area contributed by atoms with Crippen molar-refractivity contribution in [1.82, 2.24) is 4.31 Å². The van der Waals surface area contributed by atoms with E-state index in [1.54, 1.807) is 6.92 Å². The number of hydrogen-bond acceptors (Lipinski definition) is 2. The zero-order chi connectivity index (χ0) is 7.65. The second kappa shape index (κ2) is 2.39. The number of allylic oxidation sites excluding steroid dienone is 1. The molecule has 0 heterocycles. The van der Waals surface area contributed by atoms with Crippen molar-refractivity contribution in [1.29, 1.82) is 0 Å². The van der Waals surface area contributed by atoms with E-state index in [4.69, 9.17) is 0 Å². The molecule has 0 aliphatic heterocycles. The van der Waals surface area contributed by atoms with Gasteiger partial charge in [-0.15, -0.1) is 0 Å². The van der Waals surface area contributed by atoms with Gasteiger partial charge in [0.2, 0.25) is 10.0 Å². The van der Waals surface area contributed by atoms with Crippen LogP contribution in [0.4, 0.5) is 0 Å². The average Bonchev–Trinajstić information content (AvgIpc) is 1.62. The van der Waals surface area contributed by atoms with E-state index in [0.717, 1.165) is 10.6 Å². The molecule has 0 rings (SSSR count). The fourth-order valence-electron chi connectivity index (χ4n) is 0.283. The Morgan fingerprint density at radius 3 is 1.89 bits per heavy atom. The Morgan fingerprint density at radius 2 is 1.89 bits per heavy atom. The van der Waals surface area contributed by atoms with E-state index in [1.807, 2.05) is 0 Å². The van der Waals surface area contributed by atoms with Crippen molar-refractivity contribution >= 4 is 10.0 Å². The molecule has 0 aromatic rings. The lowest BCUT2D eigenvalue weighted by atomic mass is 10.6. The van der Waals surface area contributed by atoms with Crippen LogP contribution in [0.25, 0.3) is 0 Å². The van der Waals surface area contributed by atoms with E-state index in [2.05, 4.69) is 6.58 Å². The van der Waals surface area contributed by atoms with Gasteiger partial charge in [-0.2, -0.15) is 0 Å². The molecule has 0 aliphatic carbocycles. The molecule has 0 saturated carbocycles. The molecule has 0 amide bonds. The third-order valence-electron chi connectivity index (χ3n) is 1.04. The summed E-state index contributed by atoms with van der Waals surface area (Å²) < 4.78 is 22.4. The highest BCUT2D eigenvalue weighted by atomic mass is 32.2. The van der Waals surface area contributed by atoms with Crippen LogP contribution in [-0.4, -0.2) is 26.0 Å². The molecule has 9 heavy (non-hydrogen) atoms. The first-order chi connectivity index (χ1) is 3.85. The van der Waals surface area contributed by atoms with Gasteiger partial charge >= 0.3 is 0 Å². The summed E-state index contributed by atoms with van der Waals surface area (Å²) in [4.78, 5) is 0. The fraction of sp³-hybridized carbons (Fsp3) is 0.600. The molecule has 0 aromatic heterocycles. The third kappa shape index (κ3) is 2.51. The molecule has 0 saturated heterocycles. The molecule has 0 aromatic carbocycles. The van der Waals surface area contributed by atoms with Crippen LogP contribution in [0.3, 0.4) is 0 Å². The number of hydrogen-bond donors (Lipinski definition) is 0. The lowest BCUT2D eigenvalue weighted by Gasteiger charge is -2.14. The molecule has 3 nitrogen and oxygen atoms in total. The van der Waals surface area contributed by atoms with Crippen molar-refractivity contribution in [3.05, 3.63) is 12.3 Å². The summed E-state index contributed by atoms with van der Waals surface area (Å²) in [5.41, 5.74) is 0.525. The van der Waals surface area contributed by atoms with Crippen molar-refractivity contribution in [3.8, 4) is 0 Å². The standard InChI is InChI=1S/C5H11NO2S/c1-5(2)6(3)9(4,7)8/h1H2,2-4H3. The minimum atomic E-state index is -3.07. The van der Waals surface area contributed by atoms with E-state index < -0.39 is 10.0 Å². The molecule has 0 bridgehead atoms. The van der Waals surface area contributed by atoms with Crippen LogP contribution in [0, 0.1) is 0 Å². The maximum atomic E-state index is 10.6. The summed E-state index contributed by atoms with van der Waals surface area (Å²) in [6.07, 6.45) is 1.14. The summed E-state index contributed by atoms with van der Waals surface area (Å²) in [5.74, 6) is 0. The van der Waals surface area contributed by atoms with E-state index in [0.29, 0.717) is 5.70 Å². The molecular formula is C5H11NO2S. The van der Waals surface area contributed by atoms with Crippen molar-refractivity contribution < 1.29 is 8.42 Å². The SMILES string of the molecule is C=C(C)N(C)S(C)(=O)=O. The number of sulfonamides is 1. The smallest absolute Gasteiger partial charge is 0.231 e. The Hall–Kier alpha value is -0.510. The van der Waals surface area contributed by atoms with Crippen LogP contribution in [0.5, 0.6) is 0 Å². The third-order valence-corrected chi connectivity index (χ3v) is 2.34. The van der Waals surface area contributed by atoms with Crippen LogP contribution in [0.15, 0.2) is 12.3 Å². The first kappa shape index (κ1) is 8.49. The van der Waals surface area contributed by atoms with Crippen LogP contribution < -0.4 is 0 Å². The lowest BCUT2D eigenvalue weighted by Crippen LogP contribution is -2.22. The van der Waals surface area contributed by atoms with Crippen LogP contribution in [0.2, 0.25) is 0 Å². The van der Waals surface area contributed by atoms with Gasteiger partial charge in [0.15, 0.2) is 0 Å². The second-order valence-electron chi connectivity index (χ2n) is 1.97. The van der Waals surface area contributed by atoms with Crippen LogP contribution in [-0.2, 0) is 10.0 Å². The first-order valence-corrected chi connectivity index (χ1v) is 4.30. The Labute approximate surface area is 56.0 Å². The van der Waals surface area contributed by atoms with Gasteiger partial charge in [0.1, 0.15) is 0 Å². The molecule has 54 valence electrons. The predicted molar refractivity (Wildman–Crippen MR) is 37.4 cm³/mol. The normalized spacial score (nSPS) is 11.0. The highest BCUT2D eigenvalue weighted by molar-refractivity contribution is 7.88. The van der Waals surface area contributed by atoms with Crippen LogP contribution >= 0.6 is 0 Å². The minimum Gasteiger partial charge on any atom is -0.278 e. The monoisotopic (exact) mass is 149 g/mol. The largest absolute Gasteiger partial charge is 0.278 e. The molecule has 0 fully saturated rings. The van der Waals surface area contributed by atoms with E-state index in [9.17, 15) is 8.42 Å². The van der Waals surface area contributed by atoms with Gasteiger partial charge in [0.25, 0.3) is 0 Å². The lowest BCUT2D eigenvalue weighted by molar-refractivity contribution is 0.531. The van der Waals surface area contributed by atoms with Crippen LogP contribution in [0.1, 0.15) is 6.92 Å². The van der Waals surface area contributed by atoms with Crippen molar-refractivity contribution in [2.75, 3.05) is 13.3 Å². The van der Waals surface area contributed by atoms with Gasteiger partial charge in [-0.25, -0.2) is 8.42 Å². The molecule has 0 atom stereocenters. The zero-order valence-electron chi connectivity index (χ0n) is 5.88. The van der Waals surface area contributed by atoms with Gasteiger partial charge < -0.3 is 0 Å². The highest BCUT2D eigenvalue weighted by Gasteiger charge is 2.07. The molecule has 0 aliphatic rings. The zero-order valence-corrected chi connectivity index (χ0v) is 6.70. The predicted octanol–water partition coefficient (Wildman–Crippen LogP) is 0.411. The quantitative estimate of drug-likeness (QED) is 0.570. The maximum Gasteiger partial charge on any atom is 0.231 e. The van der Waals surface area contributed by atoms with Gasteiger partial charge in [-0.1, -0.05) is 6.58 Å². The number of rotatable bonds is 2. The first-order valence-electron chi connectivity index (χ1n) is 2.45. The summed E-state index contributed by atoms with van der Waals surface area (Å²) in [6.45, 7) is 5.11. The Morgan fingerprint density at radius 1 is 1.56 bits per heavy atom. The van der Waals surface area contributed by atoms with Crippen molar-refractivity contribution in [2.24, 2.45) is 0 Å². The Kier molecular flexibility index (Phi) is 2.25. The molecular weight excluding hydrogens is 138 g/mol. The van der Waals surface area contributed by atoms with Gasteiger partial charge in [0, 0.05) is 12.7 Å². The Bertz CT molecular complexity index is 205. The number of nitrogens with zero attached hydrogens (tertiary/aromatic N) is 1. The van der Waals surface area contributed by atoms with E-state index >= 15 is 0 Å². The summed E-state index contributed by atoms with van der Waals surface area (Å²) in [5, 5.41) is 0. The minimum absolute atomic E-state index is 0.525. The van der Waals surface area contributed by atoms with Crippen molar-refractivity contribution in [3.63, 3.8) is 0 Å². The Balaban J connectivity index is 4.43. The second-order valence-corrected chi connectivity index (χ2v) is 3.98. The van der Waals surface area contributed by atoms with E-state index in [1.165, 1.54) is 7.05 Å². The molecule has 0 spiro atoms. The molecule has 0 radical (unpaired) electrons. The fourth-order valence-corrected chi connectivity index (χ4v) is 0.849. The molecule has 0 unspecified atom stereocenters. The summed E-state index contributed by atoms with van der Waals surface area (Å²) >= 11 is 0. The van der Waals surface area contributed by atoms with E-state index in [-0.39, 0.29) is 0 Å². The topological polar surface area (TPSA) is 37.4 Å².